The maximum absolute atomic E-state index is 11.2. The molecule has 0 amide bonds. The third-order valence-electron chi connectivity index (χ3n) is 4.95. The first-order chi connectivity index (χ1) is 15.9. The van der Waals surface area contributed by atoms with Crippen molar-refractivity contribution in [3.63, 3.8) is 0 Å². The lowest BCUT2D eigenvalue weighted by Gasteiger charge is -2.13. The van der Waals surface area contributed by atoms with Crippen LogP contribution in [0.3, 0.4) is 0 Å². The van der Waals surface area contributed by atoms with Crippen LogP contribution >= 0.6 is 27.5 Å². The van der Waals surface area contributed by atoms with E-state index in [4.69, 9.17) is 31.3 Å². The van der Waals surface area contributed by atoms with Crippen LogP contribution in [0, 0.1) is 0 Å². The maximum Gasteiger partial charge on any atom is 0.341 e. The second kappa shape index (κ2) is 10.1. The van der Waals surface area contributed by atoms with Crippen LogP contribution in [-0.2, 0) is 11.3 Å². The van der Waals surface area contributed by atoms with Crippen molar-refractivity contribution in [2.45, 2.75) is 6.54 Å². The smallest absolute Gasteiger partial charge is 0.341 e. The molecule has 8 heteroatoms. The van der Waals surface area contributed by atoms with Crippen LogP contribution in [0.1, 0.15) is 5.56 Å². The summed E-state index contributed by atoms with van der Waals surface area (Å²) in [5.74, 6) is -0.358. The maximum atomic E-state index is 11.2. The van der Waals surface area contributed by atoms with Crippen LogP contribution in [-0.4, -0.2) is 34.6 Å². The van der Waals surface area contributed by atoms with E-state index < -0.39 is 12.6 Å². The van der Waals surface area contributed by atoms with Gasteiger partial charge in [0.25, 0.3) is 0 Å². The summed E-state index contributed by atoms with van der Waals surface area (Å²) < 4.78 is 13.7. The molecule has 168 valence electrons. The van der Waals surface area contributed by atoms with E-state index in [-0.39, 0.29) is 0 Å². The van der Waals surface area contributed by atoms with Gasteiger partial charge in [0.05, 0.1) is 25.0 Å². The SMILES string of the molecule is COc1cc(Br)cc(-c2cc(-c3ccc(Cl)cc3)n(Cc3ccccc3)n2)c1OCC(=O)O. The third-order valence-corrected chi connectivity index (χ3v) is 5.66. The highest BCUT2D eigenvalue weighted by molar-refractivity contribution is 9.10. The number of nitrogens with zero attached hydrogens (tertiary/aromatic N) is 2. The Balaban J connectivity index is 1.86. The minimum Gasteiger partial charge on any atom is -0.493 e. The van der Waals surface area contributed by atoms with Crippen LogP contribution in [0.5, 0.6) is 11.5 Å². The molecule has 0 bridgehead atoms. The number of hydrogen-bond donors (Lipinski definition) is 1. The van der Waals surface area contributed by atoms with Gasteiger partial charge >= 0.3 is 5.97 Å². The van der Waals surface area contributed by atoms with E-state index in [0.717, 1.165) is 21.3 Å². The summed E-state index contributed by atoms with van der Waals surface area (Å²) in [6.07, 6.45) is 0. The number of hydrogen-bond acceptors (Lipinski definition) is 4. The molecule has 1 N–H and O–H groups in total. The largest absolute Gasteiger partial charge is 0.493 e. The Morgan fingerprint density at radius 2 is 1.82 bits per heavy atom. The fourth-order valence-electron chi connectivity index (χ4n) is 3.47. The van der Waals surface area contributed by atoms with Gasteiger partial charge in [-0.1, -0.05) is 70.0 Å². The summed E-state index contributed by atoms with van der Waals surface area (Å²) in [7, 11) is 1.51. The van der Waals surface area contributed by atoms with Crippen molar-refractivity contribution in [3.8, 4) is 34.0 Å². The molecule has 0 atom stereocenters. The molecule has 1 aromatic heterocycles. The Morgan fingerprint density at radius 3 is 2.48 bits per heavy atom. The molecule has 4 rings (SSSR count). The van der Waals surface area contributed by atoms with E-state index >= 15 is 0 Å². The Hall–Kier alpha value is -3.29. The first-order valence-corrected chi connectivity index (χ1v) is 11.2. The molecule has 0 saturated carbocycles. The molecule has 0 aliphatic rings. The molecule has 1 heterocycles. The van der Waals surface area contributed by atoms with Crippen LogP contribution in [0.25, 0.3) is 22.5 Å². The topological polar surface area (TPSA) is 73.6 Å². The van der Waals surface area contributed by atoms with E-state index in [0.29, 0.717) is 34.3 Å². The van der Waals surface area contributed by atoms with E-state index in [1.54, 1.807) is 6.07 Å². The minimum atomic E-state index is -1.08. The van der Waals surface area contributed by atoms with Gasteiger partial charge in [0.15, 0.2) is 18.1 Å². The molecule has 0 aliphatic heterocycles. The van der Waals surface area contributed by atoms with Crippen molar-refractivity contribution in [1.29, 1.82) is 0 Å². The average molecular weight is 528 g/mol. The van der Waals surface area contributed by atoms with E-state index in [1.807, 2.05) is 71.4 Å². The highest BCUT2D eigenvalue weighted by Crippen LogP contribution is 2.41. The van der Waals surface area contributed by atoms with Gasteiger partial charge in [-0.05, 0) is 41.5 Å². The van der Waals surface area contributed by atoms with Gasteiger partial charge < -0.3 is 14.6 Å². The molecule has 0 fully saturated rings. The summed E-state index contributed by atoms with van der Waals surface area (Å²) in [6, 6.07) is 23.1. The van der Waals surface area contributed by atoms with Crippen LogP contribution in [0.15, 0.2) is 77.3 Å². The Bertz CT molecular complexity index is 1270. The van der Waals surface area contributed by atoms with Crippen molar-refractivity contribution in [2.75, 3.05) is 13.7 Å². The lowest BCUT2D eigenvalue weighted by atomic mass is 10.1. The third kappa shape index (κ3) is 5.38. The van der Waals surface area contributed by atoms with Crippen molar-refractivity contribution >= 4 is 33.5 Å². The first-order valence-electron chi connectivity index (χ1n) is 10.0. The normalized spacial score (nSPS) is 10.8. The first kappa shape index (κ1) is 22.9. The van der Waals surface area contributed by atoms with Gasteiger partial charge in [-0.25, -0.2) is 4.79 Å². The quantitative estimate of drug-likeness (QED) is 0.297. The Labute approximate surface area is 204 Å². The predicted molar refractivity (Wildman–Crippen MR) is 131 cm³/mol. The molecule has 4 aromatic rings. The average Bonchev–Trinajstić information content (AvgIpc) is 3.22. The highest BCUT2D eigenvalue weighted by Gasteiger charge is 2.20. The standard InChI is InChI=1S/C25H20BrClN2O4/c1-32-23-12-18(26)11-20(25(23)33-15-24(30)31)21-13-22(17-7-9-19(27)10-8-17)29(28-21)14-16-5-3-2-4-6-16/h2-13H,14-15H2,1H3,(H,30,31). The zero-order valence-corrected chi connectivity index (χ0v) is 20.0. The van der Waals surface area contributed by atoms with E-state index in [9.17, 15) is 4.79 Å². The molecule has 6 nitrogen and oxygen atoms in total. The number of aromatic nitrogens is 2. The number of carbonyl (C=O) groups is 1. The molecule has 0 saturated heterocycles. The van der Waals surface area contributed by atoms with Crippen LogP contribution in [0.4, 0.5) is 0 Å². The summed E-state index contributed by atoms with van der Waals surface area (Å²) >= 11 is 9.59. The van der Waals surface area contributed by atoms with Gasteiger partial charge in [0.2, 0.25) is 0 Å². The molecule has 33 heavy (non-hydrogen) atoms. The van der Waals surface area contributed by atoms with E-state index in [1.165, 1.54) is 7.11 Å². The monoisotopic (exact) mass is 526 g/mol. The number of benzene rings is 3. The molecule has 0 radical (unpaired) electrons. The lowest BCUT2D eigenvalue weighted by Crippen LogP contribution is -2.11. The lowest BCUT2D eigenvalue weighted by molar-refractivity contribution is -0.139. The number of halogens is 2. The van der Waals surface area contributed by atoms with Crippen molar-refractivity contribution in [2.24, 2.45) is 0 Å². The molecule has 0 unspecified atom stereocenters. The van der Waals surface area contributed by atoms with Gasteiger partial charge in [-0.15, -0.1) is 0 Å². The minimum absolute atomic E-state index is 0.315. The number of carboxylic acids is 1. The summed E-state index contributed by atoms with van der Waals surface area (Å²) in [5.41, 5.74) is 4.16. The molecular formula is C25H20BrClN2O4. The number of methoxy groups -OCH3 is 1. The number of carboxylic acid groups (broad SMARTS) is 1. The van der Waals surface area contributed by atoms with Gasteiger partial charge in [-0.3, -0.25) is 4.68 Å². The van der Waals surface area contributed by atoms with Crippen molar-refractivity contribution in [1.82, 2.24) is 9.78 Å². The van der Waals surface area contributed by atoms with E-state index in [2.05, 4.69) is 15.9 Å². The second-order valence-corrected chi connectivity index (χ2v) is 8.58. The summed E-state index contributed by atoms with van der Waals surface area (Å²) in [5, 5.41) is 14.6. The molecule has 0 aliphatic carbocycles. The van der Waals surface area contributed by atoms with Gasteiger partial charge in [-0.2, -0.15) is 5.10 Å². The Morgan fingerprint density at radius 1 is 1.09 bits per heavy atom. The zero-order valence-electron chi connectivity index (χ0n) is 17.7. The number of ether oxygens (including phenoxy) is 2. The molecular weight excluding hydrogens is 508 g/mol. The van der Waals surface area contributed by atoms with Crippen molar-refractivity contribution in [3.05, 3.63) is 87.9 Å². The van der Waals surface area contributed by atoms with Crippen molar-refractivity contribution < 1.29 is 19.4 Å². The van der Waals surface area contributed by atoms with Gasteiger partial charge in [0, 0.05) is 15.1 Å². The highest BCUT2D eigenvalue weighted by atomic mass is 79.9. The fourth-order valence-corrected chi connectivity index (χ4v) is 4.03. The number of aliphatic carboxylic acids is 1. The Kier molecular flexibility index (Phi) is 7.01. The summed E-state index contributed by atoms with van der Waals surface area (Å²) in [4.78, 5) is 11.2. The van der Waals surface area contributed by atoms with Crippen LogP contribution in [0.2, 0.25) is 5.02 Å². The molecule has 3 aromatic carbocycles. The molecule has 0 spiro atoms. The van der Waals surface area contributed by atoms with Crippen LogP contribution < -0.4 is 9.47 Å². The van der Waals surface area contributed by atoms with Gasteiger partial charge in [0.1, 0.15) is 0 Å². The predicted octanol–water partition coefficient (Wildman–Crippen LogP) is 6.15. The summed E-state index contributed by atoms with van der Waals surface area (Å²) in [6.45, 7) is 0.0506. The zero-order chi connectivity index (χ0) is 23.4. The number of rotatable bonds is 8. The second-order valence-electron chi connectivity index (χ2n) is 7.23. The fraction of sp³-hybridized carbons (Fsp3) is 0.120.